The molecule has 0 aromatic carbocycles. The van der Waals surface area contributed by atoms with E-state index in [0.717, 1.165) is 31.6 Å². The molecule has 0 radical (unpaired) electrons. The van der Waals surface area contributed by atoms with Gasteiger partial charge in [-0.2, -0.15) is 0 Å². The highest BCUT2D eigenvalue weighted by Crippen LogP contribution is 2.56. The summed E-state index contributed by atoms with van der Waals surface area (Å²) >= 11 is 0. The number of hydrogen-bond acceptors (Lipinski definition) is 2. The third-order valence-corrected chi connectivity index (χ3v) is 7.04. The summed E-state index contributed by atoms with van der Waals surface area (Å²) in [6, 6.07) is 0. The molecule has 21 heavy (non-hydrogen) atoms. The second-order valence-corrected chi connectivity index (χ2v) is 9.34. The summed E-state index contributed by atoms with van der Waals surface area (Å²) in [6.45, 7) is 12.3. The van der Waals surface area contributed by atoms with Crippen molar-refractivity contribution in [3.63, 3.8) is 0 Å². The van der Waals surface area contributed by atoms with Crippen LogP contribution in [0.5, 0.6) is 0 Å². The summed E-state index contributed by atoms with van der Waals surface area (Å²) in [5, 5.41) is 11.6. The Hall–Kier alpha value is -0.0800. The molecule has 2 rings (SSSR count). The molecule has 2 fully saturated rings. The van der Waals surface area contributed by atoms with Crippen molar-refractivity contribution in [2.45, 2.75) is 85.2 Å². The van der Waals surface area contributed by atoms with Gasteiger partial charge >= 0.3 is 0 Å². The molecule has 0 aromatic rings. The Labute approximate surface area is 131 Å². The largest absolute Gasteiger partial charge is 0.389 e. The van der Waals surface area contributed by atoms with Crippen molar-refractivity contribution in [2.24, 2.45) is 34.3 Å². The Bertz CT molecular complexity index is 351. The van der Waals surface area contributed by atoms with E-state index in [2.05, 4.69) is 34.6 Å². The zero-order valence-corrected chi connectivity index (χ0v) is 14.9. The summed E-state index contributed by atoms with van der Waals surface area (Å²) in [5.41, 5.74) is 6.06. The lowest BCUT2D eigenvalue weighted by Gasteiger charge is -2.57. The monoisotopic (exact) mass is 295 g/mol. The normalized spacial score (nSPS) is 45.6. The average Bonchev–Trinajstić information content (AvgIpc) is 2.42. The molecule has 2 nitrogen and oxygen atoms in total. The number of aliphatic hydroxyl groups is 1. The molecule has 2 saturated carbocycles. The molecule has 2 aliphatic rings. The minimum absolute atomic E-state index is 0.0388. The SMILES string of the molecule is CC1CCC(C)C(O)(C2(CN)CCC(C(C)(C)C)CC2)C1. The van der Waals surface area contributed by atoms with Gasteiger partial charge in [-0.3, -0.25) is 0 Å². The molecule has 0 amide bonds. The summed E-state index contributed by atoms with van der Waals surface area (Å²) in [4.78, 5) is 0. The van der Waals surface area contributed by atoms with Crippen molar-refractivity contribution in [3.05, 3.63) is 0 Å². The molecule has 124 valence electrons. The summed E-state index contributed by atoms with van der Waals surface area (Å²) in [7, 11) is 0. The average molecular weight is 296 g/mol. The van der Waals surface area contributed by atoms with E-state index in [9.17, 15) is 5.11 Å². The minimum atomic E-state index is -0.539. The van der Waals surface area contributed by atoms with E-state index in [1.807, 2.05) is 0 Å². The first-order chi connectivity index (χ1) is 9.64. The predicted molar refractivity (Wildman–Crippen MR) is 90.0 cm³/mol. The van der Waals surface area contributed by atoms with Crippen LogP contribution in [0.15, 0.2) is 0 Å². The number of rotatable bonds is 2. The molecule has 3 atom stereocenters. The van der Waals surface area contributed by atoms with Crippen molar-refractivity contribution >= 4 is 0 Å². The van der Waals surface area contributed by atoms with Crippen LogP contribution in [0, 0.1) is 28.6 Å². The van der Waals surface area contributed by atoms with Crippen LogP contribution in [0.1, 0.15) is 79.6 Å². The minimum Gasteiger partial charge on any atom is -0.389 e. The van der Waals surface area contributed by atoms with E-state index in [4.69, 9.17) is 5.73 Å². The van der Waals surface area contributed by atoms with Crippen LogP contribution in [0.3, 0.4) is 0 Å². The van der Waals surface area contributed by atoms with Crippen molar-refractivity contribution in [1.29, 1.82) is 0 Å². The van der Waals surface area contributed by atoms with E-state index < -0.39 is 5.60 Å². The topological polar surface area (TPSA) is 46.2 Å². The maximum atomic E-state index is 11.6. The molecule has 0 aliphatic heterocycles. The molecular formula is C19H37NO. The molecule has 0 heterocycles. The Morgan fingerprint density at radius 2 is 1.62 bits per heavy atom. The van der Waals surface area contributed by atoms with Crippen molar-refractivity contribution in [2.75, 3.05) is 6.54 Å². The van der Waals surface area contributed by atoms with E-state index in [1.165, 1.54) is 19.3 Å². The highest BCUT2D eigenvalue weighted by molar-refractivity contribution is 5.07. The van der Waals surface area contributed by atoms with Crippen LogP contribution in [0.25, 0.3) is 0 Å². The Kier molecular flexibility index (Phi) is 4.81. The maximum absolute atomic E-state index is 11.6. The highest BCUT2D eigenvalue weighted by Gasteiger charge is 2.55. The zero-order chi connectivity index (χ0) is 15.9. The van der Waals surface area contributed by atoms with Gasteiger partial charge in [0, 0.05) is 12.0 Å². The number of hydrogen-bond donors (Lipinski definition) is 2. The first-order valence-electron chi connectivity index (χ1n) is 9.07. The van der Waals surface area contributed by atoms with Crippen LogP contribution in [-0.4, -0.2) is 17.3 Å². The third-order valence-electron chi connectivity index (χ3n) is 7.04. The zero-order valence-electron chi connectivity index (χ0n) is 14.9. The molecule has 3 unspecified atom stereocenters. The molecule has 3 N–H and O–H groups in total. The van der Waals surface area contributed by atoms with Gasteiger partial charge in [0.05, 0.1) is 5.60 Å². The van der Waals surface area contributed by atoms with Gasteiger partial charge in [-0.05, 0) is 61.7 Å². The second kappa shape index (κ2) is 5.85. The van der Waals surface area contributed by atoms with Gasteiger partial charge in [0.1, 0.15) is 0 Å². The molecular weight excluding hydrogens is 258 g/mol. The maximum Gasteiger partial charge on any atom is 0.0743 e. The van der Waals surface area contributed by atoms with Gasteiger partial charge in [0.15, 0.2) is 0 Å². The second-order valence-electron chi connectivity index (χ2n) is 9.34. The third kappa shape index (κ3) is 3.03. The van der Waals surface area contributed by atoms with Gasteiger partial charge in [-0.25, -0.2) is 0 Å². The standard InChI is InChI=1S/C19H37NO/c1-14-6-7-15(2)19(21,12-14)18(13-20)10-8-16(9-11-18)17(3,4)5/h14-16,21H,6-13,20H2,1-5H3. The molecule has 2 aliphatic carbocycles. The van der Waals surface area contributed by atoms with Crippen LogP contribution < -0.4 is 5.73 Å². The van der Waals surface area contributed by atoms with Gasteiger partial charge in [0.2, 0.25) is 0 Å². The lowest BCUT2D eigenvalue weighted by molar-refractivity contribution is -0.169. The lowest BCUT2D eigenvalue weighted by atomic mass is 9.52. The van der Waals surface area contributed by atoms with E-state index in [1.54, 1.807) is 0 Å². The first kappa shape index (κ1) is 17.3. The smallest absolute Gasteiger partial charge is 0.0743 e. The van der Waals surface area contributed by atoms with E-state index in [0.29, 0.717) is 23.8 Å². The van der Waals surface area contributed by atoms with Crippen molar-refractivity contribution < 1.29 is 5.11 Å². The Morgan fingerprint density at radius 3 is 2.10 bits per heavy atom. The fourth-order valence-corrected chi connectivity index (χ4v) is 5.20. The van der Waals surface area contributed by atoms with E-state index >= 15 is 0 Å². The number of nitrogens with two attached hydrogens (primary N) is 1. The van der Waals surface area contributed by atoms with Gasteiger partial charge < -0.3 is 10.8 Å². The molecule has 0 spiro atoms. The Balaban J connectivity index is 2.19. The quantitative estimate of drug-likeness (QED) is 0.795. The lowest BCUT2D eigenvalue weighted by Crippen LogP contribution is -2.60. The van der Waals surface area contributed by atoms with Gasteiger partial charge in [-0.1, -0.05) is 41.0 Å². The van der Waals surface area contributed by atoms with Gasteiger partial charge in [-0.15, -0.1) is 0 Å². The van der Waals surface area contributed by atoms with Crippen molar-refractivity contribution in [1.82, 2.24) is 0 Å². The molecule has 0 saturated heterocycles. The molecule has 0 aromatic heterocycles. The fraction of sp³-hybridized carbons (Fsp3) is 1.00. The molecule has 0 bridgehead atoms. The highest BCUT2D eigenvalue weighted by atomic mass is 16.3. The van der Waals surface area contributed by atoms with Crippen LogP contribution in [-0.2, 0) is 0 Å². The first-order valence-corrected chi connectivity index (χ1v) is 9.07. The Morgan fingerprint density at radius 1 is 1.05 bits per heavy atom. The predicted octanol–water partition coefficient (Wildman–Crippen LogP) is 4.36. The van der Waals surface area contributed by atoms with Crippen LogP contribution >= 0.6 is 0 Å². The summed E-state index contributed by atoms with van der Waals surface area (Å²) < 4.78 is 0. The van der Waals surface area contributed by atoms with Crippen molar-refractivity contribution in [3.8, 4) is 0 Å². The van der Waals surface area contributed by atoms with Gasteiger partial charge in [0.25, 0.3) is 0 Å². The summed E-state index contributed by atoms with van der Waals surface area (Å²) in [5.74, 6) is 1.80. The summed E-state index contributed by atoms with van der Waals surface area (Å²) in [6.07, 6.45) is 8.04. The van der Waals surface area contributed by atoms with Crippen LogP contribution in [0.4, 0.5) is 0 Å². The van der Waals surface area contributed by atoms with Crippen LogP contribution in [0.2, 0.25) is 0 Å². The van der Waals surface area contributed by atoms with E-state index in [-0.39, 0.29) is 5.41 Å². The molecule has 2 heteroatoms. The fourth-order valence-electron chi connectivity index (χ4n) is 5.20.